The molecule has 4 heteroatoms. The Labute approximate surface area is 64.0 Å². The third-order valence-electron chi connectivity index (χ3n) is 1.33. The molecule has 0 N–H and O–H groups in total. The quantitative estimate of drug-likeness (QED) is 0.479. The van der Waals surface area contributed by atoms with Gasteiger partial charge in [0, 0.05) is 11.0 Å². The molecule has 0 spiro atoms. The fraction of sp³-hybridized carbons (Fsp3) is 0.143. The van der Waals surface area contributed by atoms with Gasteiger partial charge in [0.05, 0.1) is 0 Å². The number of hydrogen-bond donors (Lipinski definition) is 0. The maximum Gasteiger partial charge on any atom is 0.0499 e. The summed E-state index contributed by atoms with van der Waals surface area (Å²) in [5, 5.41) is 12.8. The van der Waals surface area contributed by atoms with Gasteiger partial charge in [0.25, 0.3) is 0 Å². The number of hydrogen-bond acceptors (Lipinski definition) is 3. The molecule has 0 bridgehead atoms. The Morgan fingerprint density at radius 3 is 2.36 bits per heavy atom. The Morgan fingerprint density at radius 2 is 1.91 bits per heavy atom. The number of nitroso groups, excluding NO2 is 1. The number of rotatable bonds is 2. The zero-order valence-electron chi connectivity index (χ0n) is 6.02. The van der Waals surface area contributed by atoms with E-state index >= 15 is 0 Å². The van der Waals surface area contributed by atoms with Crippen LogP contribution in [0.5, 0.6) is 0 Å². The second kappa shape index (κ2) is 3.12. The second-order valence-corrected chi connectivity index (χ2v) is 2.19. The predicted octanol–water partition coefficient (Wildman–Crippen LogP) is 1.98. The molecule has 0 atom stereocenters. The monoisotopic (exact) mass is 151 g/mol. The fourth-order valence-electron chi connectivity index (χ4n) is 0.719. The van der Waals surface area contributed by atoms with Crippen LogP contribution in [0.3, 0.4) is 0 Å². The summed E-state index contributed by atoms with van der Waals surface area (Å²) in [5.41, 5.74) is 1.29. The summed E-state index contributed by atoms with van der Waals surface area (Å²) >= 11 is 0. The van der Waals surface area contributed by atoms with Crippen LogP contribution in [0.25, 0.3) is 0 Å². The van der Waals surface area contributed by atoms with E-state index in [1.54, 1.807) is 24.3 Å². The van der Waals surface area contributed by atoms with Crippen molar-refractivity contribution in [1.29, 1.82) is 0 Å². The van der Waals surface area contributed by atoms with Crippen LogP contribution in [0.2, 0.25) is 0 Å². The summed E-state index contributed by atoms with van der Waals surface area (Å²) in [5.74, 6) is 0. The summed E-state index contributed by atoms with van der Waals surface area (Å²) in [7, 11) is 0. The topological polar surface area (TPSA) is 55.7 Å². The van der Waals surface area contributed by atoms with E-state index in [0.29, 0.717) is 0 Å². The SMILES string of the molecule is Cc1ccc(N([O-])N=O)cc1. The third kappa shape index (κ3) is 1.75. The van der Waals surface area contributed by atoms with Crippen LogP contribution >= 0.6 is 0 Å². The second-order valence-electron chi connectivity index (χ2n) is 2.19. The average Bonchev–Trinajstić information content (AvgIpc) is 2.05. The normalized spacial score (nSPS) is 9.27. The Morgan fingerprint density at radius 1 is 1.36 bits per heavy atom. The van der Waals surface area contributed by atoms with Crippen LogP contribution < -0.4 is 5.17 Å². The minimum absolute atomic E-state index is 0.0411. The molecule has 0 aliphatic heterocycles. The van der Waals surface area contributed by atoms with Gasteiger partial charge >= 0.3 is 0 Å². The molecule has 58 valence electrons. The van der Waals surface area contributed by atoms with Gasteiger partial charge in [-0.25, -0.2) is 0 Å². The molecule has 0 unspecified atom stereocenters. The number of benzene rings is 1. The van der Waals surface area contributed by atoms with Crippen molar-refractivity contribution in [3.05, 3.63) is 39.9 Å². The van der Waals surface area contributed by atoms with Crippen LogP contribution in [-0.2, 0) is 0 Å². The highest BCUT2D eigenvalue weighted by Crippen LogP contribution is 2.13. The highest BCUT2D eigenvalue weighted by Gasteiger charge is 1.91. The molecule has 0 aliphatic carbocycles. The van der Waals surface area contributed by atoms with Gasteiger partial charge in [-0.2, -0.15) is 0 Å². The molecule has 0 radical (unpaired) electrons. The molecular formula is C7H7N2O2-. The Bertz CT molecular complexity index is 245. The highest BCUT2D eigenvalue weighted by atomic mass is 16.6. The van der Waals surface area contributed by atoms with E-state index in [1.807, 2.05) is 6.92 Å². The summed E-state index contributed by atoms with van der Waals surface area (Å²) < 4.78 is 0. The van der Waals surface area contributed by atoms with Crippen molar-refractivity contribution >= 4 is 5.69 Å². The summed E-state index contributed by atoms with van der Waals surface area (Å²) in [6, 6.07) is 6.57. The van der Waals surface area contributed by atoms with Crippen molar-refractivity contribution in [3.8, 4) is 0 Å². The molecule has 0 fully saturated rings. The van der Waals surface area contributed by atoms with E-state index in [4.69, 9.17) is 0 Å². The lowest BCUT2D eigenvalue weighted by Gasteiger charge is -2.19. The lowest BCUT2D eigenvalue weighted by atomic mass is 10.2. The number of anilines is 1. The summed E-state index contributed by atoms with van der Waals surface area (Å²) in [6.45, 7) is 1.90. The van der Waals surface area contributed by atoms with Crippen molar-refractivity contribution in [3.63, 3.8) is 0 Å². The molecule has 0 saturated carbocycles. The van der Waals surface area contributed by atoms with Gasteiger partial charge in [0.1, 0.15) is 0 Å². The van der Waals surface area contributed by atoms with Crippen molar-refractivity contribution in [2.24, 2.45) is 5.29 Å². The molecule has 0 aromatic heterocycles. The van der Waals surface area contributed by atoms with Crippen LogP contribution in [0, 0.1) is 17.0 Å². The first kappa shape index (κ1) is 7.68. The van der Waals surface area contributed by atoms with Crippen LogP contribution in [0.4, 0.5) is 5.69 Å². The van der Waals surface area contributed by atoms with Crippen molar-refractivity contribution in [1.82, 2.24) is 0 Å². The van der Waals surface area contributed by atoms with Crippen LogP contribution in [0.15, 0.2) is 29.6 Å². The van der Waals surface area contributed by atoms with Gasteiger partial charge in [0.2, 0.25) is 0 Å². The van der Waals surface area contributed by atoms with Gasteiger partial charge in [-0.3, -0.25) is 5.17 Å². The maximum absolute atomic E-state index is 10.6. The van der Waals surface area contributed by atoms with E-state index in [1.165, 1.54) is 0 Å². The van der Waals surface area contributed by atoms with Crippen molar-refractivity contribution in [2.75, 3.05) is 5.17 Å². The van der Waals surface area contributed by atoms with E-state index in [0.717, 1.165) is 5.56 Å². The molecule has 11 heavy (non-hydrogen) atoms. The highest BCUT2D eigenvalue weighted by molar-refractivity contribution is 5.46. The smallest absolute Gasteiger partial charge is 0.0499 e. The van der Waals surface area contributed by atoms with Gasteiger partial charge < -0.3 is 5.21 Å². The zero-order chi connectivity index (χ0) is 8.27. The Hall–Kier alpha value is -1.42. The number of aryl methyl sites for hydroxylation is 1. The molecule has 1 aromatic rings. The van der Waals surface area contributed by atoms with E-state index in [2.05, 4.69) is 5.29 Å². The lowest BCUT2D eigenvalue weighted by Crippen LogP contribution is -2.02. The molecule has 0 aliphatic rings. The Balaban J connectivity index is 2.89. The summed E-state index contributed by atoms with van der Waals surface area (Å²) in [6.07, 6.45) is 0. The molecular weight excluding hydrogens is 144 g/mol. The lowest BCUT2D eigenvalue weighted by molar-refractivity contribution is 1.07. The molecule has 4 nitrogen and oxygen atoms in total. The maximum atomic E-state index is 10.6. The largest absolute Gasteiger partial charge is 0.735 e. The molecule has 0 amide bonds. The van der Waals surface area contributed by atoms with Crippen molar-refractivity contribution in [2.45, 2.75) is 6.92 Å². The van der Waals surface area contributed by atoms with E-state index in [-0.39, 0.29) is 10.9 Å². The first-order valence-electron chi connectivity index (χ1n) is 3.11. The molecule has 1 aromatic carbocycles. The molecule has 1 rings (SSSR count). The first-order chi connectivity index (χ1) is 5.24. The zero-order valence-corrected chi connectivity index (χ0v) is 6.02. The standard InChI is InChI=1S/C7H7N2O2/c1-6-2-4-7(5-3-6)9(11)8-10/h2-5H,1H3/q-1. The minimum Gasteiger partial charge on any atom is -0.735 e. The third-order valence-corrected chi connectivity index (χ3v) is 1.33. The van der Waals surface area contributed by atoms with Crippen LogP contribution in [0.1, 0.15) is 5.56 Å². The molecule has 0 saturated heterocycles. The molecule has 0 heterocycles. The van der Waals surface area contributed by atoms with Crippen molar-refractivity contribution < 1.29 is 0 Å². The van der Waals surface area contributed by atoms with E-state index in [9.17, 15) is 10.1 Å². The van der Waals surface area contributed by atoms with E-state index < -0.39 is 0 Å². The summed E-state index contributed by atoms with van der Waals surface area (Å²) in [4.78, 5) is 9.75. The average molecular weight is 151 g/mol. The predicted molar refractivity (Wildman–Crippen MR) is 42.8 cm³/mol. The minimum atomic E-state index is 0.0411. The van der Waals surface area contributed by atoms with Gasteiger partial charge in [0.15, 0.2) is 0 Å². The number of nitrogens with zero attached hydrogens (tertiary/aromatic N) is 2. The first-order valence-corrected chi connectivity index (χ1v) is 3.11. The van der Waals surface area contributed by atoms with Gasteiger partial charge in [-0.1, -0.05) is 17.7 Å². The van der Waals surface area contributed by atoms with Crippen LogP contribution in [-0.4, -0.2) is 0 Å². The fourth-order valence-corrected chi connectivity index (χ4v) is 0.719. The van der Waals surface area contributed by atoms with Gasteiger partial charge in [-0.15, -0.1) is 4.91 Å². The Kier molecular flexibility index (Phi) is 2.18. The van der Waals surface area contributed by atoms with Gasteiger partial charge in [-0.05, 0) is 19.1 Å².